The Morgan fingerprint density at radius 2 is 1.67 bits per heavy atom. The first kappa shape index (κ1) is 24.2. The van der Waals surface area contributed by atoms with Crippen LogP contribution in [0.3, 0.4) is 0 Å². The number of amides is 1. The summed E-state index contributed by atoms with van der Waals surface area (Å²) in [6.07, 6.45) is 1.95. The van der Waals surface area contributed by atoms with Gasteiger partial charge < -0.3 is 14.9 Å². The number of phenolic OH excluding ortho intramolecular Hbond substituents is 1. The Labute approximate surface area is 212 Å². The van der Waals surface area contributed by atoms with Crippen LogP contribution in [0.4, 0.5) is 10.5 Å². The van der Waals surface area contributed by atoms with Gasteiger partial charge in [0.1, 0.15) is 0 Å². The maximum atomic E-state index is 12.5. The average Bonchev–Trinajstić information content (AvgIpc) is 3.10. The number of fused-ring (bicyclic) bond motifs is 2. The van der Waals surface area contributed by atoms with Crippen LogP contribution in [0.1, 0.15) is 29.5 Å². The van der Waals surface area contributed by atoms with E-state index < -0.39 is 6.09 Å². The minimum Gasteiger partial charge on any atom is -0.504 e. The number of likely N-dealkylation sites (tertiary alicyclic amines) is 1. The molecule has 1 amide bonds. The highest BCUT2D eigenvalue weighted by Crippen LogP contribution is 2.43. The monoisotopic (exact) mass is 486 g/mol. The van der Waals surface area contributed by atoms with E-state index in [1.54, 1.807) is 17.0 Å². The Kier molecular flexibility index (Phi) is 7.14. The highest BCUT2D eigenvalue weighted by molar-refractivity contribution is 5.87. The zero-order chi connectivity index (χ0) is 25.1. The molecule has 1 saturated carbocycles. The zero-order valence-corrected chi connectivity index (χ0v) is 20.7. The van der Waals surface area contributed by atoms with E-state index in [9.17, 15) is 15.0 Å². The van der Waals surface area contributed by atoms with Crippen molar-refractivity contribution < 1.29 is 19.7 Å². The smallest absolute Gasteiger partial charge is 0.411 e. The highest BCUT2D eigenvalue weighted by Gasteiger charge is 2.43. The van der Waals surface area contributed by atoms with E-state index in [0.29, 0.717) is 36.5 Å². The molecule has 2 N–H and O–H groups in total. The summed E-state index contributed by atoms with van der Waals surface area (Å²) in [5.41, 5.74) is 3.89. The summed E-state index contributed by atoms with van der Waals surface area (Å²) in [4.78, 5) is 16.6. The number of nitrogens with zero attached hydrogens (tertiary/aromatic N) is 2. The van der Waals surface area contributed by atoms with Crippen molar-refractivity contribution in [3.63, 3.8) is 0 Å². The summed E-state index contributed by atoms with van der Waals surface area (Å²) in [6.45, 7) is 3.53. The summed E-state index contributed by atoms with van der Waals surface area (Å²) in [5.74, 6) is 1.90. The predicted octanol–water partition coefficient (Wildman–Crippen LogP) is 5.63. The van der Waals surface area contributed by atoms with Crippen LogP contribution >= 0.6 is 0 Å². The Morgan fingerprint density at radius 1 is 0.972 bits per heavy atom. The van der Waals surface area contributed by atoms with Gasteiger partial charge in [-0.05, 0) is 71.9 Å². The summed E-state index contributed by atoms with van der Waals surface area (Å²) in [5, 5.41) is 20.5. The molecule has 3 aromatic carbocycles. The summed E-state index contributed by atoms with van der Waals surface area (Å²) in [6, 6.07) is 23.6. The van der Waals surface area contributed by atoms with Crippen LogP contribution in [0, 0.1) is 17.8 Å². The first-order valence-electron chi connectivity index (χ1n) is 12.7. The van der Waals surface area contributed by atoms with Crippen molar-refractivity contribution in [1.29, 1.82) is 0 Å². The lowest BCUT2D eigenvalue weighted by Gasteiger charge is -2.40. The average molecular weight is 487 g/mol. The van der Waals surface area contributed by atoms with Gasteiger partial charge in [0.25, 0.3) is 0 Å². The second-order valence-electron chi connectivity index (χ2n) is 10.1. The number of para-hydroxylation sites is 1. The number of hydrogen-bond acceptors (Lipinski definition) is 4. The van der Waals surface area contributed by atoms with Crippen LogP contribution in [0.5, 0.6) is 11.5 Å². The van der Waals surface area contributed by atoms with Gasteiger partial charge in [-0.1, -0.05) is 54.6 Å². The van der Waals surface area contributed by atoms with Gasteiger partial charge in [0.05, 0.1) is 12.8 Å². The topological polar surface area (TPSA) is 73.2 Å². The minimum atomic E-state index is -0.911. The fourth-order valence-corrected chi connectivity index (χ4v) is 6.18. The van der Waals surface area contributed by atoms with Gasteiger partial charge >= 0.3 is 6.09 Å². The van der Waals surface area contributed by atoms with Crippen LogP contribution in [0.15, 0.2) is 72.8 Å². The van der Waals surface area contributed by atoms with Crippen LogP contribution in [0.2, 0.25) is 0 Å². The molecule has 5 rings (SSSR count). The maximum Gasteiger partial charge on any atom is 0.411 e. The Balaban J connectivity index is 1.32. The zero-order valence-electron chi connectivity index (χ0n) is 20.7. The summed E-state index contributed by atoms with van der Waals surface area (Å²) < 4.78 is 5.16. The SMILES string of the molecule is COc1ccc(Cc2ccccc2N(CC2C3CCC2CN(Cc2ccccc2)C3)C(=O)O)cc1O. The van der Waals surface area contributed by atoms with Crippen molar-refractivity contribution in [3.8, 4) is 11.5 Å². The molecular formula is C30H34N2O4. The van der Waals surface area contributed by atoms with Gasteiger partial charge in [0.2, 0.25) is 0 Å². The molecule has 2 bridgehead atoms. The maximum absolute atomic E-state index is 12.5. The molecule has 2 aliphatic rings. The Hall–Kier alpha value is -3.51. The fourth-order valence-electron chi connectivity index (χ4n) is 6.18. The van der Waals surface area contributed by atoms with E-state index in [1.807, 2.05) is 30.3 Å². The van der Waals surface area contributed by atoms with Gasteiger partial charge in [-0.15, -0.1) is 0 Å². The molecule has 3 aromatic rings. The molecule has 0 aromatic heterocycles. The molecule has 2 fully saturated rings. The van der Waals surface area contributed by atoms with E-state index in [4.69, 9.17) is 4.74 Å². The lowest BCUT2D eigenvalue weighted by molar-refractivity contribution is 0.105. The second kappa shape index (κ2) is 10.6. The highest BCUT2D eigenvalue weighted by atomic mass is 16.5. The van der Waals surface area contributed by atoms with Crippen molar-refractivity contribution in [2.45, 2.75) is 25.8 Å². The Morgan fingerprint density at radius 3 is 2.33 bits per heavy atom. The number of aromatic hydroxyl groups is 1. The third kappa shape index (κ3) is 5.19. The molecule has 6 nitrogen and oxygen atoms in total. The Bertz CT molecular complexity index is 1180. The van der Waals surface area contributed by atoms with Crippen molar-refractivity contribution in [2.24, 2.45) is 17.8 Å². The molecule has 2 atom stereocenters. The van der Waals surface area contributed by atoms with Crippen molar-refractivity contribution >= 4 is 11.8 Å². The summed E-state index contributed by atoms with van der Waals surface area (Å²) in [7, 11) is 1.52. The largest absolute Gasteiger partial charge is 0.504 e. The molecular weight excluding hydrogens is 452 g/mol. The lowest BCUT2D eigenvalue weighted by atomic mass is 9.84. The molecule has 0 spiro atoms. The number of rotatable bonds is 8. The molecule has 1 saturated heterocycles. The van der Waals surface area contributed by atoms with Crippen LogP contribution in [-0.2, 0) is 13.0 Å². The van der Waals surface area contributed by atoms with Crippen LogP contribution < -0.4 is 9.64 Å². The number of piperidine rings is 1. The van der Waals surface area contributed by atoms with E-state index in [2.05, 4.69) is 35.2 Å². The first-order chi connectivity index (χ1) is 17.5. The van der Waals surface area contributed by atoms with Crippen LogP contribution in [0.25, 0.3) is 0 Å². The minimum absolute atomic E-state index is 0.0846. The number of anilines is 1. The molecule has 36 heavy (non-hydrogen) atoms. The third-order valence-electron chi connectivity index (χ3n) is 7.90. The molecule has 6 heteroatoms. The normalized spacial score (nSPS) is 21.3. The van der Waals surface area contributed by atoms with E-state index in [0.717, 1.165) is 36.4 Å². The quantitative estimate of drug-likeness (QED) is 0.431. The van der Waals surface area contributed by atoms with Gasteiger partial charge in [-0.2, -0.15) is 0 Å². The summed E-state index contributed by atoms with van der Waals surface area (Å²) >= 11 is 0. The van der Waals surface area contributed by atoms with Gasteiger partial charge in [0.15, 0.2) is 11.5 Å². The molecule has 1 heterocycles. The van der Waals surface area contributed by atoms with Crippen molar-refractivity contribution in [2.75, 3.05) is 31.6 Å². The second-order valence-corrected chi connectivity index (χ2v) is 10.1. The standard InChI is InChI=1S/C30H34N2O4/c1-36-29-14-11-22(16-28(29)33)15-23-9-5-6-10-27(23)32(30(34)35)20-26-24-12-13-25(26)19-31(18-24)17-21-7-3-2-4-8-21/h2-11,14,16,24-26,33H,12-13,15,17-20H2,1H3,(H,34,35). The number of hydrogen-bond donors (Lipinski definition) is 2. The fraction of sp³-hybridized carbons (Fsp3) is 0.367. The number of methoxy groups -OCH3 is 1. The number of carboxylic acid groups (broad SMARTS) is 1. The molecule has 0 radical (unpaired) electrons. The molecule has 1 aliphatic heterocycles. The van der Waals surface area contributed by atoms with Gasteiger partial charge in [0, 0.05) is 26.2 Å². The molecule has 1 aliphatic carbocycles. The van der Waals surface area contributed by atoms with E-state index in [-0.39, 0.29) is 5.75 Å². The van der Waals surface area contributed by atoms with Gasteiger partial charge in [-0.25, -0.2) is 4.79 Å². The molecule has 2 unspecified atom stereocenters. The molecule has 188 valence electrons. The predicted molar refractivity (Wildman–Crippen MR) is 141 cm³/mol. The van der Waals surface area contributed by atoms with Crippen molar-refractivity contribution in [1.82, 2.24) is 4.90 Å². The lowest BCUT2D eigenvalue weighted by Crippen LogP contribution is -2.47. The van der Waals surface area contributed by atoms with E-state index >= 15 is 0 Å². The van der Waals surface area contributed by atoms with E-state index in [1.165, 1.54) is 25.5 Å². The number of benzene rings is 3. The number of carbonyl (C=O) groups is 1. The number of phenols is 1. The third-order valence-corrected chi connectivity index (χ3v) is 7.90. The number of ether oxygens (including phenoxy) is 1. The van der Waals surface area contributed by atoms with Crippen molar-refractivity contribution in [3.05, 3.63) is 89.5 Å². The van der Waals surface area contributed by atoms with Gasteiger partial charge in [-0.3, -0.25) is 9.80 Å². The van der Waals surface area contributed by atoms with Crippen LogP contribution in [-0.4, -0.2) is 48.0 Å². The first-order valence-corrected chi connectivity index (χ1v) is 12.7.